The van der Waals surface area contributed by atoms with Gasteiger partial charge in [0.25, 0.3) is 0 Å². The molecule has 208 valence electrons. The normalized spacial score (nSPS) is 21.2. The van der Waals surface area contributed by atoms with Gasteiger partial charge in [-0.25, -0.2) is 14.8 Å². The lowest BCUT2D eigenvalue weighted by atomic mass is 9.98. The molecule has 0 saturated carbocycles. The Hall–Kier alpha value is -3.50. The lowest BCUT2D eigenvalue weighted by Crippen LogP contribution is -2.36. The molecule has 41 heavy (non-hydrogen) atoms. The van der Waals surface area contributed by atoms with Crippen LogP contribution < -0.4 is 0 Å². The number of esters is 1. The molecule has 0 spiro atoms. The zero-order valence-electron chi connectivity index (χ0n) is 21.1. The zero-order chi connectivity index (χ0) is 28.7. The van der Waals surface area contributed by atoms with Crippen LogP contribution in [0.15, 0.2) is 91.4 Å². The van der Waals surface area contributed by atoms with E-state index in [1.54, 1.807) is 41.1 Å². The number of benzene rings is 3. The van der Waals surface area contributed by atoms with Crippen molar-refractivity contribution in [3.05, 3.63) is 118 Å². The summed E-state index contributed by atoms with van der Waals surface area (Å²) in [7, 11) is 0. The van der Waals surface area contributed by atoms with E-state index in [0.717, 1.165) is 11.1 Å². The Morgan fingerprint density at radius 2 is 1.61 bits per heavy atom. The number of aromatic nitrogens is 3. The molecule has 5 atom stereocenters. The second kappa shape index (κ2) is 11.4. The van der Waals surface area contributed by atoms with Gasteiger partial charge in [0.2, 0.25) is 0 Å². The van der Waals surface area contributed by atoms with Gasteiger partial charge in [-0.2, -0.15) is 0 Å². The molecule has 3 heterocycles. The van der Waals surface area contributed by atoms with Gasteiger partial charge in [0.1, 0.15) is 35.4 Å². The van der Waals surface area contributed by atoms with E-state index in [2.05, 4.69) is 9.97 Å². The fraction of sp³-hybridized carbons (Fsp3) is 0.167. The van der Waals surface area contributed by atoms with E-state index in [1.165, 1.54) is 12.4 Å². The minimum atomic E-state index is -1.44. The van der Waals surface area contributed by atoms with E-state index in [1.807, 2.05) is 42.5 Å². The van der Waals surface area contributed by atoms with Crippen LogP contribution in [0.5, 0.6) is 0 Å². The number of rotatable bonds is 6. The van der Waals surface area contributed by atoms with Crippen molar-refractivity contribution in [3.8, 4) is 11.1 Å². The molecule has 0 radical (unpaired) electrons. The zero-order valence-corrected chi connectivity index (χ0v) is 23.4. The first-order chi connectivity index (χ1) is 19.8. The van der Waals surface area contributed by atoms with Crippen molar-refractivity contribution < 1.29 is 24.5 Å². The Balaban J connectivity index is 1.32. The van der Waals surface area contributed by atoms with Gasteiger partial charge in [0.15, 0.2) is 12.3 Å². The van der Waals surface area contributed by atoms with Gasteiger partial charge in [-0.15, -0.1) is 0 Å². The molecule has 6 rings (SSSR count). The second-order valence-corrected chi connectivity index (χ2v) is 10.7. The second-order valence-electron chi connectivity index (χ2n) is 9.54. The van der Waals surface area contributed by atoms with Crippen LogP contribution in [-0.2, 0) is 9.47 Å². The molecule has 0 aliphatic carbocycles. The quantitative estimate of drug-likeness (QED) is 0.172. The first-order valence-corrected chi connectivity index (χ1v) is 13.8. The average molecular weight is 611 g/mol. The molecule has 1 aliphatic rings. The summed E-state index contributed by atoms with van der Waals surface area (Å²) in [5.41, 5.74) is 3.07. The highest BCUT2D eigenvalue weighted by Gasteiger charge is 2.49. The number of aliphatic hydroxyl groups is 2. The summed E-state index contributed by atoms with van der Waals surface area (Å²) in [6.45, 7) is 0. The van der Waals surface area contributed by atoms with E-state index in [-0.39, 0.29) is 10.2 Å². The standard InChI is InChI=1S/C30H22Cl3N3O5/c31-21-11-10-19(14-22(21)32)25(41-30(39)18-8-6-17(7-9-18)16-4-2-1-3-5-16)26-23(37)24(38)29(40-26)36-13-12-20-27(33)34-15-35-28(20)36/h1-15,23-26,29,37-38H/t23-,24+,25?,26-,29+/m0/s1. The van der Waals surface area contributed by atoms with Crippen molar-refractivity contribution in [2.75, 3.05) is 0 Å². The SMILES string of the molecule is O=C(OC(c1ccc(Cl)c(Cl)c1)[C@H]1O[C@@H](n2ccc3c(Cl)ncnc32)[C@H](O)[C@@H]1O)c1ccc(-c2ccccc2)cc1. The maximum absolute atomic E-state index is 13.4. The van der Waals surface area contributed by atoms with E-state index in [0.29, 0.717) is 27.2 Å². The van der Waals surface area contributed by atoms with E-state index < -0.39 is 36.6 Å². The molecule has 1 fully saturated rings. The lowest BCUT2D eigenvalue weighted by Gasteiger charge is -2.26. The van der Waals surface area contributed by atoms with Gasteiger partial charge in [0.05, 0.1) is 21.0 Å². The van der Waals surface area contributed by atoms with Crippen LogP contribution in [-0.4, -0.2) is 49.0 Å². The highest BCUT2D eigenvalue weighted by atomic mass is 35.5. The summed E-state index contributed by atoms with van der Waals surface area (Å²) in [5, 5.41) is 23.5. The number of carbonyl (C=O) groups excluding carboxylic acids is 1. The molecule has 8 nitrogen and oxygen atoms in total. The molecule has 3 aromatic carbocycles. The van der Waals surface area contributed by atoms with Crippen molar-refractivity contribution in [2.45, 2.75) is 30.6 Å². The van der Waals surface area contributed by atoms with E-state index in [4.69, 9.17) is 44.3 Å². The fourth-order valence-corrected chi connectivity index (χ4v) is 5.44. The Bertz CT molecular complexity index is 1710. The van der Waals surface area contributed by atoms with Crippen LogP contribution in [0, 0.1) is 0 Å². The van der Waals surface area contributed by atoms with Crippen LogP contribution in [0.25, 0.3) is 22.2 Å². The third-order valence-corrected chi connectivity index (χ3v) is 8.08. The number of hydrogen-bond acceptors (Lipinski definition) is 7. The van der Waals surface area contributed by atoms with Crippen LogP contribution in [0.2, 0.25) is 15.2 Å². The molecule has 1 saturated heterocycles. The van der Waals surface area contributed by atoms with E-state index in [9.17, 15) is 15.0 Å². The first-order valence-electron chi connectivity index (χ1n) is 12.6. The predicted molar refractivity (Wildman–Crippen MR) is 155 cm³/mol. The summed E-state index contributed by atoms with van der Waals surface area (Å²) >= 11 is 18.6. The van der Waals surface area contributed by atoms with Gasteiger partial charge >= 0.3 is 5.97 Å². The first kappa shape index (κ1) is 27.7. The third kappa shape index (κ3) is 5.30. The van der Waals surface area contributed by atoms with Gasteiger partial charge in [-0.3, -0.25) is 0 Å². The smallest absolute Gasteiger partial charge is 0.338 e. The van der Waals surface area contributed by atoms with Crippen molar-refractivity contribution in [1.82, 2.24) is 14.5 Å². The molecule has 2 N–H and O–H groups in total. The van der Waals surface area contributed by atoms with Gasteiger partial charge in [-0.1, -0.05) is 83.3 Å². The van der Waals surface area contributed by atoms with Crippen molar-refractivity contribution in [1.29, 1.82) is 0 Å². The molecular formula is C30H22Cl3N3O5. The van der Waals surface area contributed by atoms with Gasteiger partial charge in [0, 0.05) is 6.20 Å². The maximum Gasteiger partial charge on any atom is 0.338 e. The van der Waals surface area contributed by atoms with Crippen LogP contribution in [0.4, 0.5) is 0 Å². The monoisotopic (exact) mass is 609 g/mol. The van der Waals surface area contributed by atoms with E-state index >= 15 is 0 Å². The molecular weight excluding hydrogens is 589 g/mol. The predicted octanol–water partition coefficient (Wildman–Crippen LogP) is 6.28. The largest absolute Gasteiger partial charge is 0.451 e. The Kier molecular flexibility index (Phi) is 7.70. The fourth-order valence-electron chi connectivity index (χ4n) is 4.94. The maximum atomic E-state index is 13.4. The minimum absolute atomic E-state index is 0.227. The highest BCUT2D eigenvalue weighted by Crippen LogP contribution is 2.41. The van der Waals surface area contributed by atoms with Crippen molar-refractivity contribution in [2.24, 2.45) is 0 Å². The summed E-state index contributed by atoms with van der Waals surface area (Å²) in [6.07, 6.45) is -3.30. The average Bonchev–Trinajstić information content (AvgIpc) is 3.55. The topological polar surface area (TPSA) is 107 Å². The number of carbonyl (C=O) groups is 1. The summed E-state index contributed by atoms with van der Waals surface area (Å²) in [6, 6.07) is 23.1. The van der Waals surface area contributed by atoms with Crippen molar-refractivity contribution >= 4 is 51.8 Å². The summed E-state index contributed by atoms with van der Waals surface area (Å²) < 4.78 is 13.7. The Morgan fingerprint density at radius 1 is 0.878 bits per heavy atom. The molecule has 0 amide bonds. The molecule has 0 bridgehead atoms. The molecule has 5 aromatic rings. The Morgan fingerprint density at radius 3 is 2.34 bits per heavy atom. The summed E-state index contributed by atoms with van der Waals surface area (Å²) in [4.78, 5) is 21.6. The highest BCUT2D eigenvalue weighted by molar-refractivity contribution is 6.42. The van der Waals surface area contributed by atoms with Crippen molar-refractivity contribution in [3.63, 3.8) is 0 Å². The van der Waals surface area contributed by atoms with Crippen LogP contribution >= 0.6 is 34.8 Å². The molecule has 11 heteroatoms. The molecule has 1 aliphatic heterocycles. The number of ether oxygens (including phenoxy) is 2. The number of fused-ring (bicyclic) bond motifs is 1. The number of aliphatic hydroxyl groups excluding tert-OH is 2. The van der Waals surface area contributed by atoms with Gasteiger partial charge < -0.3 is 24.3 Å². The summed E-state index contributed by atoms with van der Waals surface area (Å²) in [5.74, 6) is -0.652. The third-order valence-electron chi connectivity index (χ3n) is 7.04. The number of halogens is 3. The minimum Gasteiger partial charge on any atom is -0.451 e. The van der Waals surface area contributed by atoms with Crippen LogP contribution in [0.1, 0.15) is 28.3 Å². The lowest BCUT2D eigenvalue weighted by molar-refractivity contribution is -0.0916. The number of hydrogen-bond donors (Lipinski definition) is 2. The molecule has 1 unspecified atom stereocenters. The van der Waals surface area contributed by atoms with Crippen LogP contribution in [0.3, 0.4) is 0 Å². The molecule has 2 aromatic heterocycles. The van der Waals surface area contributed by atoms with Gasteiger partial charge in [-0.05, 0) is 47.0 Å². The Labute approximate surface area is 249 Å². The number of nitrogens with zero attached hydrogens (tertiary/aromatic N) is 3.